The van der Waals surface area contributed by atoms with E-state index in [-0.39, 0.29) is 24.4 Å². The van der Waals surface area contributed by atoms with E-state index in [1.165, 1.54) is 19.1 Å². The lowest BCUT2D eigenvalue weighted by Gasteiger charge is -2.38. The molecular formula is C18H23F3N2O3S. The number of benzene rings is 1. The van der Waals surface area contributed by atoms with E-state index in [0.717, 1.165) is 11.0 Å². The summed E-state index contributed by atoms with van der Waals surface area (Å²) in [7, 11) is 0. The Kier molecular flexibility index (Phi) is 6.16. The highest BCUT2D eigenvalue weighted by atomic mass is 32.2. The standard InChI is InChI=1S/C18H23F3N2O3S/c1-11(22-27(26)17(2,3)4)13-6-5-7-14(15(13)19)18(20,21)8-12-9-23(10-12)16(24)25/h5-7,12H,8-10H2,1-4H3,(H,24,25). The van der Waals surface area contributed by atoms with Crippen LogP contribution in [0.15, 0.2) is 22.6 Å². The van der Waals surface area contributed by atoms with Crippen LogP contribution in [0.5, 0.6) is 0 Å². The highest BCUT2D eigenvalue weighted by Crippen LogP contribution is 2.39. The van der Waals surface area contributed by atoms with Gasteiger partial charge in [-0.2, -0.15) is 0 Å². The SMILES string of the molecule is CC(=N[S+]([O-])C(C)(C)C)c1cccc(C(F)(F)CC2CN(C(=O)O)C2)c1F. The van der Waals surface area contributed by atoms with Gasteiger partial charge in [-0.15, -0.1) is 0 Å². The van der Waals surface area contributed by atoms with Gasteiger partial charge < -0.3 is 14.6 Å². The minimum absolute atomic E-state index is 0.0112. The van der Waals surface area contributed by atoms with E-state index in [1.807, 2.05) is 0 Å². The molecule has 1 aromatic carbocycles. The van der Waals surface area contributed by atoms with Crippen molar-refractivity contribution in [3.63, 3.8) is 0 Å². The van der Waals surface area contributed by atoms with E-state index in [2.05, 4.69) is 4.40 Å². The molecular weight excluding hydrogens is 381 g/mol. The Morgan fingerprint density at radius 2 is 1.96 bits per heavy atom. The maximum Gasteiger partial charge on any atom is 0.407 e. The van der Waals surface area contributed by atoms with Crippen LogP contribution >= 0.6 is 0 Å². The second-order valence-corrected chi connectivity index (χ2v) is 9.57. The molecule has 1 unspecified atom stereocenters. The average Bonchev–Trinajstić information content (AvgIpc) is 2.49. The Morgan fingerprint density at radius 1 is 1.37 bits per heavy atom. The van der Waals surface area contributed by atoms with E-state index in [9.17, 15) is 22.5 Å². The number of halogens is 3. The minimum Gasteiger partial charge on any atom is -0.591 e. The van der Waals surface area contributed by atoms with Gasteiger partial charge >= 0.3 is 6.09 Å². The van der Waals surface area contributed by atoms with Crippen molar-refractivity contribution in [2.75, 3.05) is 13.1 Å². The van der Waals surface area contributed by atoms with Crippen molar-refractivity contribution >= 4 is 23.2 Å². The summed E-state index contributed by atoms with van der Waals surface area (Å²) in [5.41, 5.74) is -0.797. The molecule has 1 atom stereocenters. The molecule has 0 bridgehead atoms. The van der Waals surface area contributed by atoms with Gasteiger partial charge in [0.1, 0.15) is 21.9 Å². The largest absolute Gasteiger partial charge is 0.591 e. The molecule has 0 aromatic heterocycles. The fourth-order valence-electron chi connectivity index (χ4n) is 2.73. The van der Waals surface area contributed by atoms with Crippen LogP contribution in [0.1, 0.15) is 45.2 Å². The maximum atomic E-state index is 14.8. The van der Waals surface area contributed by atoms with E-state index < -0.39 is 51.8 Å². The number of hydrogen-bond acceptors (Lipinski definition) is 3. The average molecular weight is 404 g/mol. The summed E-state index contributed by atoms with van der Waals surface area (Å²) in [5.74, 6) is -5.06. The molecule has 1 saturated heterocycles. The van der Waals surface area contributed by atoms with E-state index in [1.54, 1.807) is 20.8 Å². The monoisotopic (exact) mass is 404 g/mol. The molecule has 150 valence electrons. The Bertz CT molecular complexity index is 744. The number of carboxylic acid groups (broad SMARTS) is 1. The van der Waals surface area contributed by atoms with Crippen molar-refractivity contribution in [3.8, 4) is 0 Å². The van der Waals surface area contributed by atoms with E-state index in [4.69, 9.17) is 5.11 Å². The number of amides is 1. The number of alkyl halides is 2. The molecule has 0 saturated carbocycles. The zero-order valence-electron chi connectivity index (χ0n) is 15.6. The van der Waals surface area contributed by atoms with Crippen molar-refractivity contribution in [2.45, 2.75) is 44.8 Å². The maximum absolute atomic E-state index is 14.8. The third-order valence-electron chi connectivity index (χ3n) is 4.30. The first kappa shape index (κ1) is 21.6. The molecule has 0 aliphatic carbocycles. The van der Waals surface area contributed by atoms with Crippen LogP contribution in [-0.4, -0.2) is 44.2 Å². The molecule has 0 radical (unpaired) electrons. The van der Waals surface area contributed by atoms with Crippen molar-refractivity contribution in [1.29, 1.82) is 0 Å². The van der Waals surface area contributed by atoms with E-state index >= 15 is 0 Å². The van der Waals surface area contributed by atoms with Gasteiger partial charge in [-0.05, 0) is 27.7 Å². The molecule has 27 heavy (non-hydrogen) atoms. The van der Waals surface area contributed by atoms with Gasteiger partial charge in [-0.25, -0.2) is 18.0 Å². The number of likely N-dealkylation sites (tertiary alicyclic amines) is 1. The lowest BCUT2D eigenvalue weighted by Crippen LogP contribution is -2.50. The van der Waals surface area contributed by atoms with Crippen molar-refractivity contribution in [1.82, 2.24) is 4.90 Å². The van der Waals surface area contributed by atoms with Gasteiger partial charge in [0.15, 0.2) is 0 Å². The number of carbonyl (C=O) groups is 1. The summed E-state index contributed by atoms with van der Waals surface area (Å²) in [6.45, 7) is 6.58. The van der Waals surface area contributed by atoms with Gasteiger partial charge in [0.25, 0.3) is 5.92 Å². The predicted octanol–water partition coefficient (Wildman–Crippen LogP) is 4.19. The van der Waals surface area contributed by atoms with Crippen molar-refractivity contribution in [2.24, 2.45) is 10.3 Å². The zero-order valence-corrected chi connectivity index (χ0v) is 16.4. The first-order valence-corrected chi connectivity index (χ1v) is 9.56. The quantitative estimate of drug-likeness (QED) is 0.591. The highest BCUT2D eigenvalue weighted by Gasteiger charge is 2.42. The number of rotatable bonds is 5. The van der Waals surface area contributed by atoms with Gasteiger partial charge in [-0.3, -0.25) is 0 Å². The second kappa shape index (κ2) is 7.71. The van der Waals surface area contributed by atoms with Crippen LogP contribution in [0.3, 0.4) is 0 Å². The molecule has 0 spiro atoms. The molecule has 1 fully saturated rings. The Balaban J connectivity index is 2.23. The molecule has 1 amide bonds. The van der Waals surface area contributed by atoms with Gasteiger partial charge in [0.2, 0.25) is 0 Å². The first-order valence-electron chi connectivity index (χ1n) is 8.45. The van der Waals surface area contributed by atoms with Gasteiger partial charge in [0, 0.05) is 31.0 Å². The molecule has 1 aliphatic heterocycles. The van der Waals surface area contributed by atoms with Crippen LogP contribution in [0.4, 0.5) is 18.0 Å². The Labute approximate surface area is 159 Å². The summed E-state index contributed by atoms with van der Waals surface area (Å²) in [6.07, 6.45) is -1.79. The summed E-state index contributed by atoms with van der Waals surface area (Å²) in [4.78, 5) is 11.8. The summed E-state index contributed by atoms with van der Waals surface area (Å²) in [5, 5.41) is 8.78. The number of nitrogens with zero attached hydrogens (tertiary/aromatic N) is 2. The van der Waals surface area contributed by atoms with Crippen LogP contribution in [0.25, 0.3) is 0 Å². The highest BCUT2D eigenvalue weighted by molar-refractivity contribution is 7.91. The Morgan fingerprint density at radius 3 is 2.48 bits per heavy atom. The van der Waals surface area contributed by atoms with Crippen LogP contribution in [0.2, 0.25) is 0 Å². The summed E-state index contributed by atoms with van der Waals surface area (Å²) in [6, 6.07) is 3.65. The van der Waals surface area contributed by atoms with Gasteiger partial charge in [-0.1, -0.05) is 22.6 Å². The zero-order chi connectivity index (χ0) is 20.6. The smallest absolute Gasteiger partial charge is 0.407 e. The van der Waals surface area contributed by atoms with Crippen molar-refractivity contribution < 1.29 is 27.6 Å². The topological polar surface area (TPSA) is 76.0 Å². The molecule has 1 heterocycles. The minimum atomic E-state index is -3.45. The van der Waals surface area contributed by atoms with Crippen LogP contribution in [0, 0.1) is 11.7 Å². The van der Waals surface area contributed by atoms with Crippen molar-refractivity contribution in [3.05, 3.63) is 35.1 Å². The summed E-state index contributed by atoms with van der Waals surface area (Å²) < 4.78 is 59.4. The fraction of sp³-hybridized carbons (Fsp3) is 0.556. The molecule has 1 aliphatic rings. The molecule has 9 heteroatoms. The molecule has 2 rings (SSSR count). The third kappa shape index (κ3) is 4.95. The number of hydrogen-bond donors (Lipinski definition) is 1. The van der Waals surface area contributed by atoms with Crippen LogP contribution < -0.4 is 0 Å². The molecule has 5 nitrogen and oxygen atoms in total. The normalized spacial score (nSPS) is 17.6. The lowest BCUT2D eigenvalue weighted by molar-refractivity contribution is -0.0552. The predicted molar refractivity (Wildman–Crippen MR) is 98.1 cm³/mol. The third-order valence-corrected chi connectivity index (χ3v) is 5.79. The van der Waals surface area contributed by atoms with E-state index in [0.29, 0.717) is 0 Å². The molecule has 1 aromatic rings. The summed E-state index contributed by atoms with van der Waals surface area (Å²) >= 11 is -1.64. The molecule has 1 N–H and O–H groups in total. The second-order valence-electron chi connectivity index (χ2n) is 7.67. The lowest BCUT2D eigenvalue weighted by atomic mass is 9.89. The first-order chi connectivity index (χ1) is 12.3. The van der Waals surface area contributed by atoms with Crippen LogP contribution in [-0.2, 0) is 17.3 Å². The Hall–Kier alpha value is -1.74. The van der Waals surface area contributed by atoms with Gasteiger partial charge in [0.05, 0.1) is 11.3 Å². The fourth-order valence-corrected chi connectivity index (χ4v) is 3.35.